The number of benzene rings is 6. The van der Waals surface area contributed by atoms with Gasteiger partial charge in [-0.05, 0) is 62.7 Å². The van der Waals surface area contributed by atoms with Crippen LogP contribution in [-0.2, 0) is 0 Å². The Labute approximate surface area is 244 Å². The number of fused-ring (bicyclic) bond motifs is 1. The van der Waals surface area contributed by atoms with E-state index in [0.717, 1.165) is 16.1 Å². The Morgan fingerprint density at radius 3 is 1.44 bits per heavy atom. The summed E-state index contributed by atoms with van der Waals surface area (Å²) in [5, 5.41) is 1.05. The topological polar surface area (TPSA) is 12.9 Å². The van der Waals surface area contributed by atoms with Crippen LogP contribution in [0.2, 0.25) is 0 Å². The molecule has 1 heterocycles. The molecule has 0 N–H and O–H groups in total. The number of aromatic nitrogens is 1. The summed E-state index contributed by atoms with van der Waals surface area (Å²) in [6.07, 6.45) is 0. The molecule has 6 aromatic carbocycles. The third-order valence-electron chi connectivity index (χ3n) is 7.35. The highest BCUT2D eigenvalue weighted by atomic mass is 32.1. The van der Waals surface area contributed by atoms with Crippen molar-refractivity contribution in [1.29, 1.82) is 0 Å². The molecule has 0 fully saturated rings. The lowest BCUT2D eigenvalue weighted by Gasteiger charge is -2.18. The molecule has 0 radical (unpaired) electrons. The summed E-state index contributed by atoms with van der Waals surface area (Å²) >= 11 is 1.74. The van der Waals surface area contributed by atoms with E-state index in [4.69, 9.17) is 4.98 Å². The van der Waals surface area contributed by atoms with E-state index in [2.05, 4.69) is 158 Å². The van der Waals surface area contributed by atoms with Gasteiger partial charge in [0.15, 0.2) is 0 Å². The Morgan fingerprint density at radius 1 is 0.390 bits per heavy atom. The average molecular weight is 542 g/mol. The molecule has 0 spiro atoms. The van der Waals surface area contributed by atoms with Gasteiger partial charge in [0.1, 0.15) is 5.01 Å². The minimum absolute atomic E-state index is 1.05. The molecule has 1 nitrogen and oxygen atoms in total. The number of nitrogens with zero attached hydrogens (tertiary/aromatic N) is 1. The van der Waals surface area contributed by atoms with Gasteiger partial charge in [-0.1, -0.05) is 146 Å². The Hall–Kier alpha value is -5.05. The van der Waals surface area contributed by atoms with E-state index in [1.165, 1.54) is 49.2 Å². The van der Waals surface area contributed by atoms with Gasteiger partial charge in [0.25, 0.3) is 0 Å². The first kappa shape index (κ1) is 25.0. The van der Waals surface area contributed by atoms with E-state index >= 15 is 0 Å². The molecule has 0 saturated carbocycles. The Bertz CT molecular complexity index is 1880. The summed E-state index contributed by atoms with van der Waals surface area (Å²) in [6.45, 7) is 0. The lowest BCUT2D eigenvalue weighted by molar-refractivity contribution is 1.47. The van der Waals surface area contributed by atoms with Crippen LogP contribution in [0.25, 0.3) is 43.1 Å². The predicted octanol–water partition coefficient (Wildman–Crippen LogP) is 10.6. The van der Waals surface area contributed by atoms with Crippen molar-refractivity contribution in [1.82, 2.24) is 4.98 Å². The molecule has 0 atom stereocenters. The fourth-order valence-electron chi connectivity index (χ4n) is 5.38. The second kappa shape index (κ2) is 11.2. The van der Waals surface area contributed by atoms with E-state index in [1.807, 2.05) is 6.07 Å². The van der Waals surface area contributed by atoms with Crippen molar-refractivity contribution in [3.8, 4) is 21.7 Å². The molecule has 7 rings (SSSR count). The van der Waals surface area contributed by atoms with Crippen LogP contribution in [0.1, 0.15) is 22.3 Å². The minimum atomic E-state index is 1.05. The molecule has 194 valence electrons. The van der Waals surface area contributed by atoms with E-state index in [9.17, 15) is 0 Å². The second-order valence-electron chi connectivity index (χ2n) is 9.99. The number of para-hydroxylation sites is 1. The monoisotopic (exact) mass is 541 g/mol. The van der Waals surface area contributed by atoms with Crippen molar-refractivity contribution >= 4 is 32.7 Å². The van der Waals surface area contributed by atoms with Crippen LogP contribution in [0.4, 0.5) is 0 Å². The molecule has 0 aliphatic heterocycles. The number of rotatable bonds is 6. The van der Waals surface area contributed by atoms with Crippen molar-refractivity contribution in [3.05, 3.63) is 186 Å². The Kier molecular flexibility index (Phi) is 6.82. The van der Waals surface area contributed by atoms with Gasteiger partial charge in [-0.15, -0.1) is 11.3 Å². The first-order valence-electron chi connectivity index (χ1n) is 13.8. The van der Waals surface area contributed by atoms with Gasteiger partial charge >= 0.3 is 0 Å². The van der Waals surface area contributed by atoms with Crippen LogP contribution in [0.5, 0.6) is 0 Å². The SMILES string of the molecule is c1ccc(C(=C(c2ccccc2)c2ccc(-c3cccc(-c4nc5ccccc5s4)c3)cc2)c2ccccc2)cc1. The quantitative estimate of drug-likeness (QED) is 0.191. The highest BCUT2D eigenvalue weighted by molar-refractivity contribution is 7.21. The first-order chi connectivity index (χ1) is 20.3. The maximum absolute atomic E-state index is 4.88. The number of hydrogen-bond acceptors (Lipinski definition) is 2. The summed E-state index contributed by atoms with van der Waals surface area (Å²) in [4.78, 5) is 4.88. The Morgan fingerprint density at radius 2 is 0.878 bits per heavy atom. The molecule has 0 aliphatic carbocycles. The van der Waals surface area contributed by atoms with E-state index in [1.54, 1.807) is 11.3 Å². The summed E-state index contributed by atoms with van der Waals surface area (Å²) < 4.78 is 1.21. The third kappa shape index (κ3) is 5.14. The lowest BCUT2D eigenvalue weighted by Crippen LogP contribution is -1.97. The zero-order valence-electron chi connectivity index (χ0n) is 22.4. The zero-order valence-corrected chi connectivity index (χ0v) is 23.3. The molecule has 2 heteroatoms. The second-order valence-corrected chi connectivity index (χ2v) is 11.0. The van der Waals surface area contributed by atoms with Gasteiger partial charge < -0.3 is 0 Å². The number of hydrogen-bond donors (Lipinski definition) is 0. The predicted molar refractivity (Wildman–Crippen MR) is 175 cm³/mol. The minimum Gasteiger partial charge on any atom is -0.236 e. The van der Waals surface area contributed by atoms with Crippen molar-refractivity contribution in [2.45, 2.75) is 0 Å². The fourth-order valence-corrected chi connectivity index (χ4v) is 6.34. The molecular formula is C39H27NS. The molecule has 0 unspecified atom stereocenters. The molecule has 0 aliphatic rings. The maximum atomic E-state index is 4.88. The standard InChI is InChI=1S/C39H27NS/c1-4-13-29(14-5-1)37(30-15-6-2-7-16-30)38(31-17-8-3-9-18-31)32-25-23-28(24-26-32)33-19-12-20-34(27-33)39-40-35-21-10-11-22-36(35)41-39/h1-27H. The van der Waals surface area contributed by atoms with Crippen LogP contribution in [0.3, 0.4) is 0 Å². The molecule has 7 aromatic rings. The molecule has 0 amide bonds. The zero-order chi connectivity index (χ0) is 27.4. The normalized spacial score (nSPS) is 10.9. The largest absolute Gasteiger partial charge is 0.236 e. The van der Waals surface area contributed by atoms with Gasteiger partial charge in [0.05, 0.1) is 10.2 Å². The molecule has 0 bridgehead atoms. The highest BCUT2D eigenvalue weighted by Crippen LogP contribution is 2.38. The van der Waals surface area contributed by atoms with Crippen molar-refractivity contribution in [2.75, 3.05) is 0 Å². The third-order valence-corrected chi connectivity index (χ3v) is 8.43. The highest BCUT2D eigenvalue weighted by Gasteiger charge is 2.16. The van der Waals surface area contributed by atoms with Crippen LogP contribution in [-0.4, -0.2) is 4.98 Å². The van der Waals surface area contributed by atoms with Gasteiger partial charge in [-0.25, -0.2) is 4.98 Å². The van der Waals surface area contributed by atoms with Gasteiger partial charge in [-0.3, -0.25) is 0 Å². The van der Waals surface area contributed by atoms with Gasteiger partial charge in [0, 0.05) is 5.56 Å². The maximum Gasteiger partial charge on any atom is 0.124 e. The summed E-state index contributed by atoms with van der Waals surface area (Å²) in [7, 11) is 0. The van der Waals surface area contributed by atoms with Crippen LogP contribution < -0.4 is 0 Å². The molecular weight excluding hydrogens is 515 g/mol. The smallest absolute Gasteiger partial charge is 0.124 e. The van der Waals surface area contributed by atoms with E-state index in [-0.39, 0.29) is 0 Å². The van der Waals surface area contributed by atoms with E-state index in [0.29, 0.717) is 0 Å². The molecule has 0 saturated heterocycles. The van der Waals surface area contributed by atoms with Crippen molar-refractivity contribution < 1.29 is 0 Å². The molecule has 1 aromatic heterocycles. The first-order valence-corrected chi connectivity index (χ1v) is 14.6. The van der Waals surface area contributed by atoms with Crippen LogP contribution >= 0.6 is 11.3 Å². The van der Waals surface area contributed by atoms with Crippen molar-refractivity contribution in [2.24, 2.45) is 0 Å². The lowest BCUT2D eigenvalue weighted by atomic mass is 9.85. The van der Waals surface area contributed by atoms with Crippen LogP contribution in [0, 0.1) is 0 Å². The fraction of sp³-hybridized carbons (Fsp3) is 0. The van der Waals surface area contributed by atoms with E-state index < -0.39 is 0 Å². The summed E-state index contributed by atoms with van der Waals surface area (Å²) in [6, 6.07) is 58.2. The van der Waals surface area contributed by atoms with Gasteiger partial charge in [-0.2, -0.15) is 0 Å². The van der Waals surface area contributed by atoms with Crippen LogP contribution in [0.15, 0.2) is 164 Å². The Balaban J connectivity index is 1.34. The summed E-state index contributed by atoms with van der Waals surface area (Å²) in [5.41, 5.74) is 11.8. The van der Waals surface area contributed by atoms with Gasteiger partial charge in [0.2, 0.25) is 0 Å². The van der Waals surface area contributed by atoms with Crippen molar-refractivity contribution in [3.63, 3.8) is 0 Å². The summed E-state index contributed by atoms with van der Waals surface area (Å²) in [5.74, 6) is 0. The number of thiazole rings is 1. The molecule has 41 heavy (non-hydrogen) atoms. The average Bonchev–Trinajstić information content (AvgIpc) is 3.50.